The Kier molecular flexibility index (Phi) is 3.23. The molecule has 1 aliphatic heterocycles. The highest BCUT2D eigenvalue weighted by atomic mass is 32.1. The number of carbonyl (C=O) groups is 2. The van der Waals surface area contributed by atoms with Crippen LogP contribution in [-0.4, -0.2) is 11.6 Å². The molecular weight excluding hydrogens is 306 g/mol. The van der Waals surface area contributed by atoms with Crippen molar-refractivity contribution in [1.82, 2.24) is 5.32 Å². The van der Waals surface area contributed by atoms with Gasteiger partial charge in [0.15, 0.2) is 11.6 Å². The van der Waals surface area contributed by atoms with E-state index in [2.05, 4.69) is 22.8 Å². The summed E-state index contributed by atoms with van der Waals surface area (Å²) >= 11 is 1.67. The standard InChI is InChI=1S/C19H17NO2S/c1-10-17(11(2)21)18(19-14(20-10)7-8-15(19)22)13-9-23-16-6-4-3-5-12(13)16/h3-6,9,18,20H,7-8H2,1-2H3. The quantitative estimate of drug-likeness (QED) is 0.906. The van der Waals surface area contributed by atoms with Gasteiger partial charge in [-0.15, -0.1) is 11.3 Å². The van der Waals surface area contributed by atoms with Crippen LogP contribution in [0.5, 0.6) is 0 Å². The van der Waals surface area contributed by atoms with E-state index in [9.17, 15) is 9.59 Å². The summed E-state index contributed by atoms with van der Waals surface area (Å²) in [6.07, 6.45) is 1.28. The molecule has 0 fully saturated rings. The van der Waals surface area contributed by atoms with E-state index < -0.39 is 0 Å². The van der Waals surface area contributed by atoms with E-state index >= 15 is 0 Å². The molecule has 3 nitrogen and oxygen atoms in total. The van der Waals surface area contributed by atoms with E-state index in [-0.39, 0.29) is 17.5 Å². The number of hydrogen-bond donors (Lipinski definition) is 1. The van der Waals surface area contributed by atoms with Crippen molar-refractivity contribution < 1.29 is 9.59 Å². The molecule has 1 aromatic carbocycles. The fraction of sp³-hybridized carbons (Fsp3) is 0.263. The van der Waals surface area contributed by atoms with Crippen molar-refractivity contribution >= 4 is 33.0 Å². The molecule has 2 aromatic rings. The summed E-state index contributed by atoms with van der Waals surface area (Å²) in [6.45, 7) is 3.53. The monoisotopic (exact) mass is 323 g/mol. The molecule has 1 aliphatic carbocycles. The number of thiophene rings is 1. The van der Waals surface area contributed by atoms with Gasteiger partial charge in [-0.3, -0.25) is 9.59 Å². The molecule has 23 heavy (non-hydrogen) atoms. The Morgan fingerprint density at radius 3 is 2.83 bits per heavy atom. The molecule has 1 aromatic heterocycles. The normalized spacial score (nSPS) is 21.0. The van der Waals surface area contributed by atoms with Gasteiger partial charge in [0.25, 0.3) is 0 Å². The predicted molar refractivity (Wildman–Crippen MR) is 92.3 cm³/mol. The van der Waals surface area contributed by atoms with Crippen LogP contribution in [0.1, 0.15) is 38.2 Å². The third kappa shape index (κ3) is 2.09. The molecule has 2 aliphatic rings. The van der Waals surface area contributed by atoms with Crippen LogP contribution >= 0.6 is 11.3 Å². The van der Waals surface area contributed by atoms with Gasteiger partial charge in [0.2, 0.25) is 0 Å². The van der Waals surface area contributed by atoms with Crippen molar-refractivity contribution in [2.75, 3.05) is 0 Å². The zero-order valence-electron chi connectivity index (χ0n) is 13.1. The van der Waals surface area contributed by atoms with Crippen LogP contribution in [0.15, 0.2) is 52.2 Å². The summed E-state index contributed by atoms with van der Waals surface area (Å²) in [6, 6.07) is 8.19. The van der Waals surface area contributed by atoms with Crippen molar-refractivity contribution in [1.29, 1.82) is 0 Å². The molecule has 1 unspecified atom stereocenters. The van der Waals surface area contributed by atoms with Gasteiger partial charge in [-0.1, -0.05) is 18.2 Å². The van der Waals surface area contributed by atoms with Crippen molar-refractivity contribution in [2.45, 2.75) is 32.6 Å². The average Bonchev–Trinajstić information content (AvgIpc) is 3.10. The van der Waals surface area contributed by atoms with E-state index in [0.29, 0.717) is 6.42 Å². The largest absolute Gasteiger partial charge is 0.362 e. The van der Waals surface area contributed by atoms with E-state index in [1.165, 1.54) is 4.70 Å². The summed E-state index contributed by atoms with van der Waals surface area (Å²) in [5, 5.41) is 6.55. The highest BCUT2D eigenvalue weighted by Crippen LogP contribution is 2.46. The lowest BCUT2D eigenvalue weighted by Crippen LogP contribution is -2.27. The van der Waals surface area contributed by atoms with Gasteiger partial charge in [-0.25, -0.2) is 0 Å². The lowest BCUT2D eigenvalue weighted by Gasteiger charge is -2.28. The molecule has 4 heteroatoms. The number of ketones is 2. The van der Waals surface area contributed by atoms with Gasteiger partial charge in [0.1, 0.15) is 0 Å². The molecule has 2 heterocycles. The Hall–Kier alpha value is -2.20. The van der Waals surface area contributed by atoms with Crippen LogP contribution in [0.3, 0.4) is 0 Å². The third-order valence-corrected chi connectivity index (χ3v) is 5.73. The molecule has 0 bridgehead atoms. The molecule has 0 radical (unpaired) electrons. The van der Waals surface area contributed by atoms with E-state index in [1.54, 1.807) is 18.3 Å². The first-order chi connectivity index (χ1) is 11.1. The molecule has 0 saturated heterocycles. The predicted octanol–water partition coefficient (Wildman–Crippen LogP) is 4.07. The van der Waals surface area contributed by atoms with Crippen molar-refractivity contribution in [3.05, 3.63) is 57.7 Å². The van der Waals surface area contributed by atoms with Crippen LogP contribution in [0.4, 0.5) is 0 Å². The van der Waals surface area contributed by atoms with Crippen LogP contribution in [-0.2, 0) is 9.59 Å². The molecule has 4 rings (SSSR count). The van der Waals surface area contributed by atoms with Crippen LogP contribution < -0.4 is 5.32 Å². The number of Topliss-reactive ketones (excluding diaryl/α,β-unsaturated/α-hetero) is 2. The molecule has 0 saturated carbocycles. The molecule has 116 valence electrons. The summed E-state index contributed by atoms with van der Waals surface area (Å²) in [4.78, 5) is 24.8. The van der Waals surface area contributed by atoms with Gasteiger partial charge in [0.05, 0.1) is 0 Å². The Bertz CT molecular complexity index is 914. The number of hydrogen-bond acceptors (Lipinski definition) is 4. The minimum Gasteiger partial charge on any atom is -0.362 e. The Morgan fingerprint density at radius 1 is 1.26 bits per heavy atom. The smallest absolute Gasteiger partial charge is 0.161 e. The van der Waals surface area contributed by atoms with E-state index in [0.717, 1.165) is 39.9 Å². The number of allylic oxidation sites excluding steroid dienone is 4. The minimum absolute atomic E-state index is 0.0292. The second-order valence-electron chi connectivity index (χ2n) is 6.16. The number of nitrogens with one attached hydrogen (secondary N) is 1. The second-order valence-corrected chi connectivity index (χ2v) is 7.07. The van der Waals surface area contributed by atoms with Gasteiger partial charge in [-0.2, -0.15) is 0 Å². The first kappa shape index (κ1) is 14.4. The average molecular weight is 323 g/mol. The highest BCUT2D eigenvalue weighted by molar-refractivity contribution is 7.17. The number of carbonyl (C=O) groups excluding carboxylic acids is 2. The van der Waals surface area contributed by atoms with Crippen LogP contribution in [0.25, 0.3) is 10.1 Å². The SMILES string of the molecule is CC(=O)C1=C(C)NC2=C(C(=O)CC2)C1c1csc2ccccc12. The maximum absolute atomic E-state index is 12.5. The van der Waals surface area contributed by atoms with E-state index in [1.807, 2.05) is 19.1 Å². The van der Waals surface area contributed by atoms with Gasteiger partial charge in [0, 0.05) is 39.6 Å². The molecule has 0 amide bonds. The summed E-state index contributed by atoms with van der Waals surface area (Å²) in [5.41, 5.74) is 4.48. The Labute approximate surface area is 138 Å². The van der Waals surface area contributed by atoms with Crippen molar-refractivity contribution in [2.24, 2.45) is 0 Å². The van der Waals surface area contributed by atoms with E-state index in [4.69, 9.17) is 0 Å². The molecular formula is C19H17NO2S. The third-order valence-electron chi connectivity index (χ3n) is 4.75. The zero-order valence-corrected chi connectivity index (χ0v) is 13.9. The van der Waals surface area contributed by atoms with Crippen molar-refractivity contribution in [3.63, 3.8) is 0 Å². The number of dihydropyridines is 1. The number of rotatable bonds is 2. The first-order valence-electron chi connectivity index (χ1n) is 7.79. The van der Waals surface area contributed by atoms with Gasteiger partial charge < -0.3 is 5.32 Å². The Balaban J connectivity index is 1.99. The highest BCUT2D eigenvalue weighted by Gasteiger charge is 2.39. The topological polar surface area (TPSA) is 46.2 Å². The fourth-order valence-corrected chi connectivity index (χ4v) is 4.78. The molecule has 1 atom stereocenters. The number of fused-ring (bicyclic) bond motifs is 1. The summed E-state index contributed by atoms with van der Waals surface area (Å²) in [7, 11) is 0. The molecule has 1 N–H and O–H groups in total. The lowest BCUT2D eigenvalue weighted by molar-refractivity contribution is -0.115. The maximum atomic E-state index is 12.5. The van der Waals surface area contributed by atoms with Crippen molar-refractivity contribution in [3.8, 4) is 0 Å². The Morgan fingerprint density at radius 2 is 2.04 bits per heavy atom. The number of benzene rings is 1. The summed E-state index contributed by atoms with van der Waals surface area (Å²) in [5.74, 6) is -0.0320. The summed E-state index contributed by atoms with van der Waals surface area (Å²) < 4.78 is 1.19. The van der Waals surface area contributed by atoms with Crippen LogP contribution in [0, 0.1) is 0 Å². The first-order valence-corrected chi connectivity index (χ1v) is 8.67. The van der Waals surface area contributed by atoms with Gasteiger partial charge >= 0.3 is 0 Å². The van der Waals surface area contributed by atoms with Gasteiger partial charge in [-0.05, 0) is 42.7 Å². The molecule has 0 spiro atoms. The maximum Gasteiger partial charge on any atom is 0.161 e. The fourth-order valence-electron chi connectivity index (χ4n) is 3.80. The van der Waals surface area contributed by atoms with Crippen LogP contribution in [0.2, 0.25) is 0 Å². The zero-order chi connectivity index (χ0) is 16.1. The second kappa shape index (κ2) is 5.17. The minimum atomic E-state index is -0.227. The lowest BCUT2D eigenvalue weighted by atomic mass is 9.79.